The van der Waals surface area contributed by atoms with Crippen LogP contribution in [-0.4, -0.2) is 60.4 Å². The van der Waals surface area contributed by atoms with E-state index in [1.165, 1.54) is 22.7 Å². The van der Waals surface area contributed by atoms with Crippen LogP contribution in [0.25, 0.3) is 5.52 Å². The molecule has 0 aliphatic heterocycles. The maximum Gasteiger partial charge on any atom is 0.534 e. The Labute approximate surface area is 195 Å². The third-order valence-corrected chi connectivity index (χ3v) is 6.54. The smallest absolute Gasteiger partial charge is 0.434 e. The van der Waals surface area contributed by atoms with Crippen LogP contribution in [0, 0.1) is 0 Å². The number of carbonyl (C=O) groups is 1. The van der Waals surface area contributed by atoms with Crippen molar-refractivity contribution in [3.05, 3.63) is 53.0 Å². The van der Waals surface area contributed by atoms with Crippen LogP contribution in [0.5, 0.6) is 11.6 Å². The molecule has 0 amide bonds. The Morgan fingerprint density at radius 2 is 1.94 bits per heavy atom. The lowest BCUT2D eigenvalue weighted by molar-refractivity contribution is -0.0509. The highest BCUT2D eigenvalue weighted by Crippen LogP contribution is 2.50. The lowest BCUT2D eigenvalue weighted by Gasteiger charge is -2.22. The Morgan fingerprint density at radius 3 is 2.54 bits per heavy atom. The molecule has 188 valence electrons. The van der Waals surface area contributed by atoms with Crippen molar-refractivity contribution in [1.82, 2.24) is 19.5 Å². The molecule has 2 aromatic heterocycles. The summed E-state index contributed by atoms with van der Waals surface area (Å²) in [5, 5.41) is 4.41. The lowest BCUT2D eigenvalue weighted by Crippen LogP contribution is -2.28. The van der Waals surface area contributed by atoms with Gasteiger partial charge >= 0.3 is 22.2 Å². The highest BCUT2D eigenvalue weighted by Gasteiger charge is 2.49. The van der Waals surface area contributed by atoms with Gasteiger partial charge in [0.05, 0.1) is 17.3 Å². The summed E-state index contributed by atoms with van der Waals surface area (Å²) in [6.45, 7) is -3.18. The van der Waals surface area contributed by atoms with E-state index < -0.39 is 34.0 Å². The van der Waals surface area contributed by atoms with Gasteiger partial charge in [0.15, 0.2) is 0 Å². The lowest BCUT2D eigenvalue weighted by atomic mass is 9.89. The van der Waals surface area contributed by atoms with Crippen molar-refractivity contribution >= 4 is 21.9 Å². The van der Waals surface area contributed by atoms with E-state index in [0.717, 1.165) is 12.4 Å². The first-order valence-corrected chi connectivity index (χ1v) is 11.3. The van der Waals surface area contributed by atoms with Gasteiger partial charge in [-0.3, -0.25) is 4.79 Å². The third kappa shape index (κ3) is 4.40. The maximum atomic E-state index is 13.1. The molecule has 0 fully saturated rings. The van der Waals surface area contributed by atoms with Crippen molar-refractivity contribution < 1.29 is 44.1 Å². The van der Waals surface area contributed by atoms with E-state index in [9.17, 15) is 35.2 Å². The molecule has 9 nitrogen and oxygen atoms in total. The minimum Gasteiger partial charge on any atom is -0.434 e. The molecule has 1 aliphatic rings. The zero-order valence-electron chi connectivity index (χ0n) is 18.0. The van der Waals surface area contributed by atoms with Crippen LogP contribution >= 0.6 is 0 Å². The van der Waals surface area contributed by atoms with Gasteiger partial charge < -0.3 is 13.8 Å². The number of rotatable bonds is 7. The van der Waals surface area contributed by atoms with E-state index in [0.29, 0.717) is 17.5 Å². The molecule has 4 rings (SSSR count). The highest BCUT2D eigenvalue weighted by molar-refractivity contribution is 7.87. The predicted octanol–water partition coefficient (Wildman–Crippen LogP) is 3.51. The van der Waals surface area contributed by atoms with Crippen LogP contribution in [0.3, 0.4) is 0 Å². The number of carbonyl (C=O) groups excluding carboxylic acids is 1. The molecule has 15 heteroatoms. The Morgan fingerprint density at radius 1 is 1.23 bits per heavy atom. The van der Waals surface area contributed by atoms with Gasteiger partial charge in [0.1, 0.15) is 18.4 Å². The first-order chi connectivity index (χ1) is 16.3. The molecular formula is C20H17F5N4O5S. The Bertz CT molecular complexity index is 1390. The highest BCUT2D eigenvalue weighted by atomic mass is 32.2. The largest absolute Gasteiger partial charge is 0.534 e. The Kier molecular flexibility index (Phi) is 6.17. The molecule has 3 aromatic rings. The average molecular weight is 520 g/mol. The number of benzene rings is 1. The van der Waals surface area contributed by atoms with Gasteiger partial charge in [0.25, 0.3) is 0 Å². The van der Waals surface area contributed by atoms with Crippen molar-refractivity contribution in [2.24, 2.45) is 0 Å². The SMILES string of the molecule is CN(C)C1CC(c2c(C=O)cccc2OC(F)F)c2c1nn1cnc(OS(=O)(=O)C(F)(F)F)cc21. The molecule has 0 bridgehead atoms. The minimum atomic E-state index is -5.99. The molecule has 1 aliphatic carbocycles. The van der Waals surface area contributed by atoms with E-state index in [1.54, 1.807) is 19.0 Å². The van der Waals surface area contributed by atoms with Crippen LogP contribution in [0.1, 0.15) is 45.6 Å². The van der Waals surface area contributed by atoms with Gasteiger partial charge in [0, 0.05) is 28.7 Å². The molecule has 2 atom stereocenters. The van der Waals surface area contributed by atoms with Crippen molar-refractivity contribution in [2.75, 3.05) is 14.1 Å². The van der Waals surface area contributed by atoms with Crippen LogP contribution in [0.2, 0.25) is 0 Å². The van der Waals surface area contributed by atoms with Gasteiger partial charge in [-0.25, -0.2) is 9.50 Å². The molecule has 0 radical (unpaired) electrons. The summed E-state index contributed by atoms with van der Waals surface area (Å²) in [5.41, 5.74) is -4.50. The zero-order valence-corrected chi connectivity index (χ0v) is 18.8. The number of aldehydes is 1. The van der Waals surface area contributed by atoms with Crippen molar-refractivity contribution in [2.45, 2.75) is 30.5 Å². The van der Waals surface area contributed by atoms with Crippen molar-refractivity contribution in [3.63, 3.8) is 0 Å². The van der Waals surface area contributed by atoms with Crippen LogP contribution in [-0.2, 0) is 10.1 Å². The second-order valence-corrected chi connectivity index (χ2v) is 9.40. The van der Waals surface area contributed by atoms with Gasteiger partial charge in [0.2, 0.25) is 5.88 Å². The summed E-state index contributed by atoms with van der Waals surface area (Å²) in [4.78, 5) is 17.2. The fraction of sp³-hybridized carbons (Fsp3) is 0.350. The molecule has 0 saturated heterocycles. The second-order valence-electron chi connectivity index (χ2n) is 7.86. The van der Waals surface area contributed by atoms with Crippen molar-refractivity contribution in [3.8, 4) is 11.6 Å². The summed E-state index contributed by atoms with van der Waals surface area (Å²) < 4.78 is 97.5. The minimum absolute atomic E-state index is 0.0723. The number of fused-ring (bicyclic) bond motifs is 3. The number of halogens is 5. The fourth-order valence-corrected chi connectivity index (χ4v) is 4.60. The fourth-order valence-electron chi connectivity index (χ4n) is 4.19. The summed E-state index contributed by atoms with van der Waals surface area (Å²) in [6, 6.07) is 4.64. The van der Waals surface area contributed by atoms with E-state index in [1.807, 2.05) is 0 Å². The molecule has 0 saturated carbocycles. The first-order valence-electron chi connectivity index (χ1n) is 9.92. The molecule has 0 spiro atoms. The van der Waals surface area contributed by atoms with E-state index in [-0.39, 0.29) is 34.9 Å². The molecular weight excluding hydrogens is 503 g/mol. The standard InChI is InChI=1S/C20H17F5N4O5S/c1-28(2)13-6-11(16-10(8-30)4-3-5-14(16)33-19(21)22)17-12-7-15(26-9-29(12)27-18(13)17)34-35(31,32)20(23,24)25/h3-5,7-9,11,13,19H,6H2,1-2H3. The van der Waals surface area contributed by atoms with Gasteiger partial charge in [-0.2, -0.15) is 35.5 Å². The quantitative estimate of drug-likeness (QED) is 0.202. The summed E-state index contributed by atoms with van der Waals surface area (Å²) in [6.07, 6.45) is 1.72. The van der Waals surface area contributed by atoms with E-state index in [2.05, 4.69) is 19.0 Å². The maximum absolute atomic E-state index is 13.1. The molecule has 0 N–H and O–H groups in total. The zero-order chi connectivity index (χ0) is 25.7. The molecule has 35 heavy (non-hydrogen) atoms. The van der Waals surface area contributed by atoms with E-state index in [4.69, 9.17) is 0 Å². The number of hydrogen-bond donors (Lipinski definition) is 0. The topological polar surface area (TPSA) is 103 Å². The van der Waals surface area contributed by atoms with Crippen LogP contribution < -0.4 is 8.92 Å². The van der Waals surface area contributed by atoms with Crippen molar-refractivity contribution in [1.29, 1.82) is 0 Å². The summed E-state index contributed by atoms with van der Waals surface area (Å²) in [7, 11) is -2.50. The normalized spacial score (nSPS) is 18.3. The van der Waals surface area contributed by atoms with E-state index >= 15 is 0 Å². The number of alkyl halides is 5. The number of hydrogen-bond acceptors (Lipinski definition) is 8. The summed E-state index contributed by atoms with van der Waals surface area (Å²) in [5.74, 6) is -1.86. The predicted molar refractivity (Wildman–Crippen MR) is 110 cm³/mol. The summed E-state index contributed by atoms with van der Waals surface area (Å²) >= 11 is 0. The average Bonchev–Trinajstić information content (AvgIpc) is 3.29. The molecule has 2 unspecified atom stereocenters. The monoisotopic (exact) mass is 520 g/mol. The van der Waals surface area contributed by atoms with Crippen LogP contribution in [0.4, 0.5) is 22.0 Å². The number of ether oxygens (including phenoxy) is 1. The van der Waals surface area contributed by atoms with Crippen LogP contribution in [0.15, 0.2) is 30.6 Å². The molecule has 2 heterocycles. The third-order valence-electron chi connectivity index (χ3n) is 5.59. The number of aromatic nitrogens is 3. The first kappa shape index (κ1) is 24.8. The second kappa shape index (κ2) is 8.71. The Hall–Kier alpha value is -3.33. The van der Waals surface area contributed by atoms with Gasteiger partial charge in [-0.15, -0.1) is 0 Å². The number of nitrogens with zero attached hydrogens (tertiary/aromatic N) is 4. The van der Waals surface area contributed by atoms with Gasteiger partial charge in [-0.05, 0) is 26.6 Å². The molecule has 1 aromatic carbocycles. The van der Waals surface area contributed by atoms with Gasteiger partial charge in [-0.1, -0.05) is 12.1 Å². The Balaban J connectivity index is 1.92.